The Hall–Kier alpha value is -0.280. The van der Waals surface area contributed by atoms with Crippen LogP contribution in [0.5, 0.6) is 0 Å². The fourth-order valence-electron chi connectivity index (χ4n) is 2.76. The lowest BCUT2D eigenvalue weighted by molar-refractivity contribution is 0.241. The fourth-order valence-corrected chi connectivity index (χ4v) is 3.41. The first kappa shape index (κ1) is 14.1. The zero-order valence-electron chi connectivity index (χ0n) is 10.7. The molecule has 1 fully saturated rings. The monoisotopic (exact) mass is 286 g/mol. The fraction of sp³-hybridized carbons (Fsp3) is 0.571. The Balaban J connectivity index is 2.23. The molecule has 1 heterocycles. The molecule has 2 unspecified atom stereocenters. The van der Waals surface area contributed by atoms with Gasteiger partial charge in [0.2, 0.25) is 0 Å². The molecule has 1 aromatic rings. The van der Waals surface area contributed by atoms with Gasteiger partial charge in [0, 0.05) is 34.7 Å². The largest absolute Gasteiger partial charge is 0.329 e. The van der Waals surface area contributed by atoms with Crippen molar-refractivity contribution in [2.75, 3.05) is 19.6 Å². The van der Waals surface area contributed by atoms with E-state index in [0.29, 0.717) is 6.54 Å². The molecule has 1 aliphatic rings. The van der Waals surface area contributed by atoms with E-state index in [1.165, 1.54) is 12.8 Å². The van der Waals surface area contributed by atoms with Crippen LogP contribution in [0.25, 0.3) is 0 Å². The summed E-state index contributed by atoms with van der Waals surface area (Å²) in [5, 5.41) is 1.44. The van der Waals surface area contributed by atoms with Gasteiger partial charge in [0.05, 0.1) is 0 Å². The van der Waals surface area contributed by atoms with Crippen LogP contribution in [0.15, 0.2) is 18.2 Å². The normalized spacial score (nSPS) is 22.3. The summed E-state index contributed by atoms with van der Waals surface area (Å²) in [5.41, 5.74) is 6.94. The highest BCUT2D eigenvalue weighted by Crippen LogP contribution is 2.36. The van der Waals surface area contributed by atoms with E-state index in [-0.39, 0.29) is 6.04 Å². The SMILES string of the molecule is CCC1CCN(C(CN)c2c(Cl)cccc2Cl)C1. The molecule has 2 N–H and O–H groups in total. The molecular formula is C14H20Cl2N2. The number of nitrogens with zero attached hydrogens (tertiary/aromatic N) is 1. The van der Waals surface area contributed by atoms with Gasteiger partial charge >= 0.3 is 0 Å². The second-order valence-electron chi connectivity index (χ2n) is 4.94. The minimum absolute atomic E-state index is 0.141. The van der Waals surface area contributed by atoms with E-state index in [4.69, 9.17) is 28.9 Å². The summed E-state index contributed by atoms with van der Waals surface area (Å²) in [4.78, 5) is 2.42. The first-order valence-corrected chi connectivity index (χ1v) is 7.31. The molecule has 0 amide bonds. The van der Waals surface area contributed by atoms with Crippen LogP contribution in [-0.4, -0.2) is 24.5 Å². The molecule has 1 saturated heterocycles. The molecule has 2 nitrogen and oxygen atoms in total. The first-order chi connectivity index (χ1) is 8.67. The molecule has 0 bridgehead atoms. The second-order valence-corrected chi connectivity index (χ2v) is 5.76. The van der Waals surface area contributed by atoms with Crippen molar-refractivity contribution >= 4 is 23.2 Å². The molecule has 2 atom stereocenters. The van der Waals surface area contributed by atoms with Gasteiger partial charge in [0.25, 0.3) is 0 Å². The van der Waals surface area contributed by atoms with Crippen molar-refractivity contribution in [2.45, 2.75) is 25.8 Å². The molecule has 0 aliphatic carbocycles. The van der Waals surface area contributed by atoms with Crippen molar-refractivity contribution in [1.29, 1.82) is 0 Å². The van der Waals surface area contributed by atoms with Gasteiger partial charge in [0.1, 0.15) is 0 Å². The van der Waals surface area contributed by atoms with Gasteiger partial charge < -0.3 is 5.73 Å². The van der Waals surface area contributed by atoms with Crippen LogP contribution in [0.1, 0.15) is 31.4 Å². The molecule has 0 spiro atoms. The Morgan fingerprint density at radius 3 is 2.56 bits per heavy atom. The predicted molar refractivity (Wildman–Crippen MR) is 78.2 cm³/mol. The van der Waals surface area contributed by atoms with Crippen molar-refractivity contribution in [3.8, 4) is 0 Å². The molecule has 1 aliphatic heterocycles. The maximum absolute atomic E-state index is 6.29. The van der Waals surface area contributed by atoms with E-state index in [1.807, 2.05) is 18.2 Å². The summed E-state index contributed by atoms with van der Waals surface area (Å²) in [7, 11) is 0. The van der Waals surface area contributed by atoms with Gasteiger partial charge in [0.15, 0.2) is 0 Å². The third-order valence-corrected chi connectivity index (χ3v) is 4.55. The Morgan fingerprint density at radius 1 is 1.39 bits per heavy atom. The predicted octanol–water partition coefficient (Wildman–Crippen LogP) is 3.73. The lowest BCUT2D eigenvalue weighted by atomic mass is 10.0. The number of nitrogens with two attached hydrogens (primary N) is 1. The van der Waals surface area contributed by atoms with Gasteiger partial charge in [-0.25, -0.2) is 0 Å². The molecule has 18 heavy (non-hydrogen) atoms. The van der Waals surface area contributed by atoms with Gasteiger partial charge in [-0.3, -0.25) is 4.90 Å². The number of benzene rings is 1. The zero-order valence-corrected chi connectivity index (χ0v) is 12.2. The maximum atomic E-state index is 6.29. The third kappa shape index (κ3) is 2.83. The van der Waals surface area contributed by atoms with E-state index >= 15 is 0 Å². The van der Waals surface area contributed by atoms with E-state index in [9.17, 15) is 0 Å². The van der Waals surface area contributed by atoms with Gasteiger partial charge in [-0.1, -0.05) is 42.6 Å². The van der Waals surface area contributed by atoms with Crippen LogP contribution >= 0.6 is 23.2 Å². The molecule has 1 aromatic carbocycles. The average Bonchev–Trinajstić information content (AvgIpc) is 2.82. The summed E-state index contributed by atoms with van der Waals surface area (Å²) >= 11 is 12.6. The van der Waals surface area contributed by atoms with Crippen molar-refractivity contribution < 1.29 is 0 Å². The topological polar surface area (TPSA) is 29.3 Å². The molecule has 0 aromatic heterocycles. The molecular weight excluding hydrogens is 267 g/mol. The quantitative estimate of drug-likeness (QED) is 0.914. The Labute approximate surface area is 119 Å². The molecule has 0 saturated carbocycles. The summed E-state index contributed by atoms with van der Waals surface area (Å²) in [6.07, 6.45) is 2.47. The Bertz CT molecular complexity index is 389. The lowest BCUT2D eigenvalue weighted by Gasteiger charge is -2.28. The standard InChI is InChI=1S/C14H20Cl2N2/c1-2-10-6-7-18(9-10)13(8-17)14-11(15)4-3-5-12(14)16/h3-5,10,13H,2,6-9,17H2,1H3. The number of likely N-dealkylation sites (tertiary alicyclic amines) is 1. The van der Waals surface area contributed by atoms with Crippen molar-refractivity contribution in [2.24, 2.45) is 11.7 Å². The molecule has 100 valence electrons. The van der Waals surface area contributed by atoms with E-state index < -0.39 is 0 Å². The van der Waals surface area contributed by atoms with Gasteiger partial charge in [-0.05, 0) is 31.0 Å². The van der Waals surface area contributed by atoms with Gasteiger partial charge in [-0.2, -0.15) is 0 Å². The second kappa shape index (κ2) is 6.25. The van der Waals surface area contributed by atoms with E-state index in [0.717, 1.165) is 34.6 Å². The maximum Gasteiger partial charge on any atom is 0.0500 e. The summed E-state index contributed by atoms with van der Waals surface area (Å²) in [6, 6.07) is 5.79. The molecule has 4 heteroatoms. The number of hydrogen-bond donors (Lipinski definition) is 1. The highest BCUT2D eigenvalue weighted by molar-refractivity contribution is 6.36. The zero-order chi connectivity index (χ0) is 13.1. The van der Waals surface area contributed by atoms with Crippen LogP contribution < -0.4 is 5.73 Å². The van der Waals surface area contributed by atoms with E-state index in [1.54, 1.807) is 0 Å². The average molecular weight is 287 g/mol. The summed E-state index contributed by atoms with van der Waals surface area (Å²) < 4.78 is 0. The van der Waals surface area contributed by atoms with Crippen molar-refractivity contribution in [3.05, 3.63) is 33.8 Å². The minimum Gasteiger partial charge on any atom is -0.329 e. The van der Waals surface area contributed by atoms with Crippen LogP contribution in [-0.2, 0) is 0 Å². The van der Waals surface area contributed by atoms with Crippen molar-refractivity contribution in [1.82, 2.24) is 4.90 Å². The van der Waals surface area contributed by atoms with Crippen LogP contribution in [0, 0.1) is 5.92 Å². The Morgan fingerprint density at radius 2 is 2.06 bits per heavy atom. The lowest BCUT2D eigenvalue weighted by Crippen LogP contribution is -2.32. The first-order valence-electron chi connectivity index (χ1n) is 6.55. The highest BCUT2D eigenvalue weighted by atomic mass is 35.5. The van der Waals surface area contributed by atoms with Crippen LogP contribution in [0.4, 0.5) is 0 Å². The van der Waals surface area contributed by atoms with Gasteiger partial charge in [-0.15, -0.1) is 0 Å². The summed E-state index contributed by atoms with van der Waals surface area (Å²) in [5.74, 6) is 0.778. The molecule has 0 radical (unpaired) electrons. The minimum atomic E-state index is 0.141. The number of rotatable bonds is 4. The van der Waals surface area contributed by atoms with Crippen LogP contribution in [0.2, 0.25) is 10.0 Å². The Kier molecular flexibility index (Phi) is 4.91. The molecule has 2 rings (SSSR count). The van der Waals surface area contributed by atoms with E-state index in [2.05, 4.69) is 11.8 Å². The van der Waals surface area contributed by atoms with Crippen LogP contribution in [0.3, 0.4) is 0 Å². The number of halogens is 2. The van der Waals surface area contributed by atoms with Crippen molar-refractivity contribution in [3.63, 3.8) is 0 Å². The smallest absolute Gasteiger partial charge is 0.0500 e. The highest BCUT2D eigenvalue weighted by Gasteiger charge is 2.29. The summed E-state index contributed by atoms with van der Waals surface area (Å²) in [6.45, 7) is 4.98. The third-order valence-electron chi connectivity index (χ3n) is 3.89. The number of hydrogen-bond acceptors (Lipinski definition) is 2.